The van der Waals surface area contributed by atoms with E-state index in [0.717, 1.165) is 11.4 Å². The summed E-state index contributed by atoms with van der Waals surface area (Å²) in [7, 11) is 0. The van der Waals surface area contributed by atoms with Gasteiger partial charge in [-0.15, -0.1) is 11.3 Å². The van der Waals surface area contributed by atoms with Crippen molar-refractivity contribution in [1.29, 1.82) is 0 Å². The molecule has 15 heavy (non-hydrogen) atoms. The number of aryl methyl sites for hydroxylation is 1. The Kier molecular flexibility index (Phi) is 2.82. The van der Waals surface area contributed by atoms with Crippen molar-refractivity contribution in [3.63, 3.8) is 0 Å². The second-order valence-corrected chi connectivity index (χ2v) is 4.07. The maximum Gasteiger partial charge on any atom is 0.232 e. The second kappa shape index (κ2) is 4.27. The van der Waals surface area contributed by atoms with Crippen LogP contribution < -0.4 is 5.32 Å². The van der Waals surface area contributed by atoms with Gasteiger partial charge >= 0.3 is 0 Å². The monoisotopic (exact) mass is 221 g/mol. The van der Waals surface area contributed by atoms with Gasteiger partial charge in [-0.25, -0.2) is 4.98 Å². The third kappa shape index (κ3) is 2.66. The van der Waals surface area contributed by atoms with Gasteiger partial charge in [0.2, 0.25) is 5.91 Å². The van der Waals surface area contributed by atoms with Crippen LogP contribution in [-0.2, 0) is 11.2 Å². The Bertz CT molecular complexity index is 447. The number of carbonyl (C=O) groups is 1. The quantitative estimate of drug-likeness (QED) is 0.832. The Morgan fingerprint density at radius 3 is 3.13 bits per heavy atom. The lowest BCUT2D eigenvalue weighted by Crippen LogP contribution is -2.14. The third-order valence-electron chi connectivity index (χ3n) is 1.88. The van der Waals surface area contributed by atoms with Gasteiger partial charge in [-0.1, -0.05) is 0 Å². The molecule has 0 fully saturated rings. The molecule has 5 heteroatoms. The molecule has 0 bridgehead atoms. The first-order chi connectivity index (χ1) is 7.24. The number of aromatic amines is 1. The number of carbonyl (C=O) groups excluding carboxylic acids is 1. The number of nitrogens with one attached hydrogen (secondary N) is 2. The van der Waals surface area contributed by atoms with Crippen molar-refractivity contribution in [1.82, 2.24) is 9.97 Å². The van der Waals surface area contributed by atoms with Crippen LogP contribution in [-0.4, -0.2) is 15.9 Å². The van der Waals surface area contributed by atoms with Crippen molar-refractivity contribution in [3.05, 3.63) is 35.1 Å². The molecule has 2 aromatic heterocycles. The summed E-state index contributed by atoms with van der Waals surface area (Å²) in [5.74, 6) is -0.0493. The molecule has 78 valence electrons. The number of nitrogens with zero attached hydrogens (tertiary/aromatic N) is 1. The Hall–Kier alpha value is -1.62. The molecule has 0 saturated heterocycles. The zero-order chi connectivity index (χ0) is 10.7. The summed E-state index contributed by atoms with van der Waals surface area (Å²) >= 11 is 1.44. The number of amides is 1. The first-order valence-corrected chi connectivity index (χ1v) is 5.46. The maximum atomic E-state index is 11.5. The van der Waals surface area contributed by atoms with Crippen molar-refractivity contribution < 1.29 is 4.79 Å². The minimum absolute atomic E-state index is 0.0493. The van der Waals surface area contributed by atoms with Crippen LogP contribution >= 0.6 is 11.3 Å². The SMILES string of the molecule is Cc1csc(NC(=O)Cc2ccc[nH]2)n1. The predicted octanol–water partition coefficient (Wildman–Crippen LogP) is 1.96. The molecule has 0 aliphatic rings. The normalized spacial score (nSPS) is 10.2. The van der Waals surface area contributed by atoms with Crippen LogP contribution in [0.1, 0.15) is 11.4 Å². The van der Waals surface area contributed by atoms with E-state index < -0.39 is 0 Å². The first kappa shape index (κ1) is 9.92. The summed E-state index contributed by atoms with van der Waals surface area (Å²) < 4.78 is 0. The van der Waals surface area contributed by atoms with E-state index in [9.17, 15) is 4.79 Å². The zero-order valence-corrected chi connectivity index (χ0v) is 9.10. The Morgan fingerprint density at radius 1 is 1.67 bits per heavy atom. The number of H-pyrrole nitrogens is 1. The van der Waals surface area contributed by atoms with E-state index in [-0.39, 0.29) is 5.91 Å². The summed E-state index contributed by atoms with van der Waals surface area (Å²) in [5, 5.41) is 5.31. The highest BCUT2D eigenvalue weighted by Gasteiger charge is 2.06. The van der Waals surface area contributed by atoms with Gasteiger partial charge in [-0.2, -0.15) is 0 Å². The van der Waals surface area contributed by atoms with Crippen LogP contribution in [0, 0.1) is 6.92 Å². The van der Waals surface area contributed by atoms with Gasteiger partial charge in [0.1, 0.15) is 0 Å². The Labute approximate surface area is 91.4 Å². The van der Waals surface area contributed by atoms with Gasteiger partial charge in [-0.3, -0.25) is 4.79 Å². The molecule has 0 radical (unpaired) electrons. The average Bonchev–Trinajstić information content (AvgIpc) is 2.77. The number of hydrogen-bond acceptors (Lipinski definition) is 3. The van der Waals surface area contributed by atoms with E-state index >= 15 is 0 Å². The standard InChI is InChI=1S/C10H11N3OS/c1-7-6-15-10(12-7)13-9(14)5-8-3-2-4-11-8/h2-4,6,11H,5H2,1H3,(H,12,13,14). The van der Waals surface area contributed by atoms with Crippen molar-refractivity contribution in [2.45, 2.75) is 13.3 Å². The predicted molar refractivity (Wildman–Crippen MR) is 60.0 cm³/mol. The highest BCUT2D eigenvalue weighted by Crippen LogP contribution is 2.14. The van der Waals surface area contributed by atoms with E-state index in [0.29, 0.717) is 11.6 Å². The van der Waals surface area contributed by atoms with E-state index in [2.05, 4.69) is 15.3 Å². The molecule has 1 amide bonds. The molecule has 0 atom stereocenters. The fraction of sp³-hybridized carbons (Fsp3) is 0.200. The third-order valence-corrected chi connectivity index (χ3v) is 2.75. The van der Waals surface area contributed by atoms with E-state index in [1.54, 1.807) is 6.20 Å². The van der Waals surface area contributed by atoms with Crippen LogP contribution in [0.5, 0.6) is 0 Å². The number of hydrogen-bond donors (Lipinski definition) is 2. The highest BCUT2D eigenvalue weighted by atomic mass is 32.1. The minimum atomic E-state index is -0.0493. The largest absolute Gasteiger partial charge is 0.365 e. The summed E-state index contributed by atoms with van der Waals surface area (Å²) in [6.07, 6.45) is 2.15. The van der Waals surface area contributed by atoms with Gasteiger partial charge < -0.3 is 10.3 Å². The molecule has 4 nitrogen and oxygen atoms in total. The molecular weight excluding hydrogens is 210 g/mol. The van der Waals surface area contributed by atoms with Crippen LogP contribution in [0.15, 0.2) is 23.7 Å². The number of rotatable bonds is 3. The smallest absolute Gasteiger partial charge is 0.232 e. The van der Waals surface area contributed by atoms with Crippen LogP contribution in [0.4, 0.5) is 5.13 Å². The van der Waals surface area contributed by atoms with Crippen molar-refractivity contribution in [2.24, 2.45) is 0 Å². The van der Waals surface area contributed by atoms with E-state index in [4.69, 9.17) is 0 Å². The lowest BCUT2D eigenvalue weighted by atomic mass is 10.3. The van der Waals surface area contributed by atoms with E-state index in [1.165, 1.54) is 11.3 Å². The zero-order valence-electron chi connectivity index (χ0n) is 8.28. The van der Waals surface area contributed by atoms with Crippen molar-refractivity contribution in [2.75, 3.05) is 5.32 Å². The van der Waals surface area contributed by atoms with Gasteiger partial charge in [0.15, 0.2) is 5.13 Å². The Balaban J connectivity index is 1.93. The molecule has 2 rings (SSSR count). The van der Waals surface area contributed by atoms with Gasteiger partial charge in [-0.05, 0) is 19.1 Å². The van der Waals surface area contributed by atoms with Crippen LogP contribution in [0.2, 0.25) is 0 Å². The van der Waals surface area contributed by atoms with Crippen LogP contribution in [0.3, 0.4) is 0 Å². The highest BCUT2D eigenvalue weighted by molar-refractivity contribution is 7.13. The average molecular weight is 221 g/mol. The number of anilines is 1. The van der Waals surface area contributed by atoms with Gasteiger partial charge in [0, 0.05) is 17.3 Å². The van der Waals surface area contributed by atoms with Crippen LogP contribution in [0.25, 0.3) is 0 Å². The first-order valence-electron chi connectivity index (χ1n) is 4.58. The fourth-order valence-electron chi connectivity index (χ4n) is 1.23. The molecule has 0 spiro atoms. The summed E-state index contributed by atoms with van der Waals surface area (Å²) in [6, 6.07) is 3.75. The molecular formula is C10H11N3OS. The second-order valence-electron chi connectivity index (χ2n) is 3.21. The topological polar surface area (TPSA) is 57.8 Å². The van der Waals surface area contributed by atoms with Gasteiger partial charge in [0.25, 0.3) is 0 Å². The summed E-state index contributed by atoms with van der Waals surface area (Å²) in [6.45, 7) is 1.90. The number of aromatic nitrogens is 2. The summed E-state index contributed by atoms with van der Waals surface area (Å²) in [5.41, 5.74) is 1.83. The molecule has 2 heterocycles. The van der Waals surface area contributed by atoms with E-state index in [1.807, 2.05) is 24.4 Å². The molecule has 0 aromatic carbocycles. The lowest BCUT2D eigenvalue weighted by molar-refractivity contribution is -0.115. The van der Waals surface area contributed by atoms with Crippen molar-refractivity contribution in [3.8, 4) is 0 Å². The molecule has 0 aliphatic carbocycles. The minimum Gasteiger partial charge on any atom is -0.365 e. The van der Waals surface area contributed by atoms with Gasteiger partial charge in [0.05, 0.1) is 12.1 Å². The molecule has 2 N–H and O–H groups in total. The number of thiazole rings is 1. The van der Waals surface area contributed by atoms with Crippen molar-refractivity contribution >= 4 is 22.4 Å². The lowest BCUT2D eigenvalue weighted by Gasteiger charge is -1.99. The molecule has 0 unspecified atom stereocenters. The molecule has 2 aromatic rings. The maximum absolute atomic E-state index is 11.5. The Morgan fingerprint density at radius 2 is 2.53 bits per heavy atom. The summed E-state index contributed by atoms with van der Waals surface area (Å²) in [4.78, 5) is 18.7. The molecule has 0 aliphatic heterocycles. The molecule has 0 saturated carbocycles. The fourth-order valence-corrected chi connectivity index (χ4v) is 1.93.